The highest BCUT2D eigenvalue weighted by molar-refractivity contribution is 6.09. The van der Waals surface area contributed by atoms with E-state index in [9.17, 15) is 23.2 Å². The summed E-state index contributed by atoms with van der Waals surface area (Å²) >= 11 is 0. The molecule has 0 N–H and O–H groups in total. The molecule has 5 nitrogen and oxygen atoms in total. The smallest absolute Gasteiger partial charge is 0.417 e. The molecule has 162 valence electrons. The van der Waals surface area contributed by atoms with Crippen LogP contribution >= 0.6 is 0 Å². The Kier molecular flexibility index (Phi) is 5.82. The summed E-state index contributed by atoms with van der Waals surface area (Å²) in [5.41, 5.74) is 1.20. The molecule has 2 heterocycles. The van der Waals surface area contributed by atoms with Gasteiger partial charge in [-0.1, -0.05) is 30.3 Å². The number of halogens is 3. The van der Waals surface area contributed by atoms with Gasteiger partial charge in [-0.3, -0.25) is 4.79 Å². The van der Waals surface area contributed by atoms with Crippen molar-refractivity contribution in [3.63, 3.8) is 0 Å². The molecule has 32 heavy (non-hydrogen) atoms. The molecule has 0 radical (unpaired) electrons. The quantitative estimate of drug-likeness (QED) is 0.534. The van der Waals surface area contributed by atoms with Gasteiger partial charge in [-0.05, 0) is 24.3 Å². The monoisotopic (exact) mass is 437 g/mol. The normalized spacial score (nSPS) is 15.9. The fraction of sp³-hybridized carbons (Fsp3) is 0.208. The van der Waals surface area contributed by atoms with E-state index in [2.05, 4.69) is 11.1 Å². The number of ether oxygens (including phenoxy) is 1. The average Bonchev–Trinajstić information content (AvgIpc) is 3.26. The Morgan fingerprint density at radius 3 is 2.53 bits per heavy atom. The van der Waals surface area contributed by atoms with Gasteiger partial charge in [0, 0.05) is 36.4 Å². The molecule has 0 bridgehead atoms. The molecular weight excluding hydrogens is 419 g/mol. The minimum atomic E-state index is -4.45. The van der Waals surface area contributed by atoms with Gasteiger partial charge in [-0.15, -0.1) is 0 Å². The van der Waals surface area contributed by atoms with E-state index in [1.54, 1.807) is 42.5 Å². The topological polar surface area (TPSA) is 66.2 Å². The molecule has 1 aliphatic heterocycles. The van der Waals surface area contributed by atoms with Crippen LogP contribution in [0.3, 0.4) is 0 Å². The minimum Gasteiger partial charge on any atom is -0.472 e. The van der Waals surface area contributed by atoms with Gasteiger partial charge < -0.3 is 9.64 Å². The van der Waals surface area contributed by atoms with Crippen molar-refractivity contribution in [2.24, 2.45) is 0 Å². The molecule has 4 rings (SSSR count). The van der Waals surface area contributed by atoms with Crippen molar-refractivity contribution < 1.29 is 22.7 Å². The Hall–Kier alpha value is -3.86. The molecule has 1 unspecified atom stereocenters. The third-order valence-corrected chi connectivity index (χ3v) is 5.25. The number of nitriles is 1. The predicted octanol–water partition coefficient (Wildman–Crippen LogP) is 4.86. The van der Waals surface area contributed by atoms with E-state index in [-0.39, 0.29) is 17.8 Å². The minimum absolute atomic E-state index is 0.120. The summed E-state index contributed by atoms with van der Waals surface area (Å²) in [6.07, 6.45) is -3.36. The number of carbonyl (C=O) groups excluding carboxylic acids is 1. The highest BCUT2D eigenvalue weighted by Crippen LogP contribution is 2.30. The van der Waals surface area contributed by atoms with Crippen molar-refractivity contribution >= 4 is 11.5 Å². The number of anilines is 1. The van der Waals surface area contributed by atoms with Crippen LogP contribution in [0.5, 0.6) is 5.88 Å². The van der Waals surface area contributed by atoms with Crippen LogP contribution in [0.2, 0.25) is 0 Å². The van der Waals surface area contributed by atoms with Crippen LogP contribution in [0.15, 0.2) is 66.9 Å². The highest BCUT2D eigenvalue weighted by atomic mass is 19.4. The number of aromatic nitrogens is 1. The zero-order valence-corrected chi connectivity index (χ0v) is 16.8. The Morgan fingerprint density at radius 2 is 1.88 bits per heavy atom. The maximum Gasteiger partial charge on any atom is 0.417 e. The number of hydrogen-bond donors (Lipinski definition) is 0. The second-order valence-electron chi connectivity index (χ2n) is 7.40. The average molecular weight is 437 g/mol. The lowest BCUT2D eigenvalue weighted by molar-refractivity contribution is -0.137. The van der Waals surface area contributed by atoms with Crippen LogP contribution in [0.4, 0.5) is 18.9 Å². The van der Waals surface area contributed by atoms with Crippen molar-refractivity contribution in [1.29, 1.82) is 5.26 Å². The lowest BCUT2D eigenvalue weighted by atomic mass is 10.0. The van der Waals surface area contributed by atoms with E-state index < -0.39 is 11.7 Å². The predicted molar refractivity (Wildman–Crippen MR) is 112 cm³/mol. The Bertz CT molecular complexity index is 1160. The first-order valence-corrected chi connectivity index (χ1v) is 9.94. The van der Waals surface area contributed by atoms with Crippen molar-refractivity contribution in [3.05, 3.63) is 89.1 Å². The molecule has 8 heteroatoms. The first-order valence-electron chi connectivity index (χ1n) is 9.94. The summed E-state index contributed by atoms with van der Waals surface area (Å²) < 4.78 is 43.8. The number of pyridine rings is 1. The number of rotatable bonds is 5. The van der Waals surface area contributed by atoms with Gasteiger partial charge in [0.15, 0.2) is 5.78 Å². The van der Waals surface area contributed by atoms with Crippen molar-refractivity contribution in [2.45, 2.75) is 18.7 Å². The fourth-order valence-corrected chi connectivity index (χ4v) is 3.63. The second-order valence-corrected chi connectivity index (χ2v) is 7.40. The van der Waals surface area contributed by atoms with Gasteiger partial charge in [0.05, 0.1) is 23.4 Å². The standard InChI is InChI=1S/C24H18F3N3O2/c25-24(26,27)19-7-9-22(29-14-19)32-20-10-11-30(15-20)21-8-6-17(12-18(21)13-28)23(31)16-4-2-1-3-5-16/h1-9,12,14,20H,10-11,15H2. The number of benzene rings is 2. The molecule has 0 spiro atoms. The maximum atomic E-state index is 12.7. The Labute approximate surface area is 182 Å². The van der Waals surface area contributed by atoms with Gasteiger partial charge in [0.1, 0.15) is 12.2 Å². The third-order valence-electron chi connectivity index (χ3n) is 5.25. The molecular formula is C24H18F3N3O2. The lowest BCUT2D eigenvalue weighted by Crippen LogP contribution is -2.25. The van der Waals surface area contributed by atoms with Gasteiger partial charge >= 0.3 is 6.18 Å². The molecule has 1 saturated heterocycles. The number of alkyl halides is 3. The van der Waals surface area contributed by atoms with Gasteiger partial charge in [-0.2, -0.15) is 18.4 Å². The lowest BCUT2D eigenvalue weighted by Gasteiger charge is -2.20. The van der Waals surface area contributed by atoms with Crippen molar-refractivity contribution in [3.8, 4) is 11.9 Å². The van der Waals surface area contributed by atoms with Gasteiger partial charge in [0.2, 0.25) is 5.88 Å². The van der Waals surface area contributed by atoms with E-state index >= 15 is 0 Å². The summed E-state index contributed by atoms with van der Waals surface area (Å²) in [5, 5.41) is 9.63. The zero-order valence-electron chi connectivity index (χ0n) is 16.8. The first kappa shape index (κ1) is 21.4. The van der Waals surface area contributed by atoms with Crippen LogP contribution in [0.25, 0.3) is 0 Å². The summed E-state index contributed by atoms with van der Waals surface area (Å²) in [6.45, 7) is 1.05. The molecule has 1 atom stereocenters. The number of ketones is 1. The van der Waals surface area contributed by atoms with E-state index in [0.29, 0.717) is 41.9 Å². The second kappa shape index (κ2) is 8.71. The maximum absolute atomic E-state index is 12.7. The van der Waals surface area contributed by atoms with E-state index in [1.807, 2.05) is 11.0 Å². The largest absolute Gasteiger partial charge is 0.472 e. The van der Waals surface area contributed by atoms with E-state index in [0.717, 1.165) is 12.3 Å². The first-order chi connectivity index (χ1) is 15.3. The Balaban J connectivity index is 1.45. The highest BCUT2D eigenvalue weighted by Gasteiger charge is 2.31. The van der Waals surface area contributed by atoms with Crippen LogP contribution < -0.4 is 9.64 Å². The Morgan fingerprint density at radius 1 is 1.09 bits per heavy atom. The summed E-state index contributed by atoms with van der Waals surface area (Å²) in [5.74, 6) is -0.0428. The molecule has 1 fully saturated rings. The zero-order chi connectivity index (χ0) is 22.7. The van der Waals surface area contributed by atoms with E-state index in [1.165, 1.54) is 6.07 Å². The fourth-order valence-electron chi connectivity index (χ4n) is 3.63. The molecule has 1 aromatic heterocycles. The SMILES string of the molecule is N#Cc1cc(C(=O)c2ccccc2)ccc1N1CCC(Oc2ccc(C(F)(F)F)cn2)C1. The van der Waals surface area contributed by atoms with Crippen molar-refractivity contribution in [1.82, 2.24) is 4.98 Å². The number of hydrogen-bond acceptors (Lipinski definition) is 5. The number of carbonyl (C=O) groups is 1. The van der Waals surface area contributed by atoms with E-state index in [4.69, 9.17) is 4.74 Å². The summed E-state index contributed by atoms with van der Waals surface area (Å²) in [4.78, 5) is 18.4. The third kappa shape index (κ3) is 4.57. The van der Waals surface area contributed by atoms with Crippen molar-refractivity contribution in [2.75, 3.05) is 18.0 Å². The number of nitrogens with zero attached hydrogens (tertiary/aromatic N) is 3. The summed E-state index contributed by atoms with van der Waals surface area (Å²) in [7, 11) is 0. The van der Waals surface area contributed by atoms with Gasteiger partial charge in [0.25, 0.3) is 0 Å². The molecule has 0 amide bonds. The molecule has 0 aliphatic carbocycles. The van der Waals surface area contributed by atoms with Gasteiger partial charge in [-0.25, -0.2) is 4.98 Å². The van der Waals surface area contributed by atoms with Crippen LogP contribution in [0.1, 0.15) is 33.5 Å². The molecule has 2 aromatic carbocycles. The molecule has 1 aliphatic rings. The molecule has 0 saturated carbocycles. The van der Waals surface area contributed by atoms with Crippen LogP contribution in [-0.4, -0.2) is 30.0 Å². The molecule has 3 aromatic rings. The summed E-state index contributed by atoms with van der Waals surface area (Å²) in [6, 6.07) is 18.1. The van der Waals surface area contributed by atoms with Crippen LogP contribution in [0, 0.1) is 11.3 Å². The van der Waals surface area contributed by atoms with Crippen LogP contribution in [-0.2, 0) is 6.18 Å².